The summed E-state index contributed by atoms with van der Waals surface area (Å²) in [5.74, 6) is 0. The lowest BCUT2D eigenvalue weighted by Gasteiger charge is -2.19. The monoisotopic (exact) mass is 307 g/mol. The highest BCUT2D eigenvalue weighted by atomic mass is 32.2. The third kappa shape index (κ3) is 3.61. The molecule has 0 radical (unpaired) electrons. The highest BCUT2D eigenvalue weighted by Crippen LogP contribution is 2.24. The van der Waals surface area contributed by atoms with Crippen LogP contribution in [0.15, 0.2) is 47.4 Å². The van der Waals surface area contributed by atoms with E-state index in [0.29, 0.717) is 18.0 Å². The van der Waals surface area contributed by atoms with Crippen molar-refractivity contribution >= 4 is 20.8 Å². The van der Waals surface area contributed by atoms with Gasteiger partial charge in [-0.1, -0.05) is 36.4 Å². The lowest BCUT2D eigenvalue weighted by atomic mass is 10.1. The highest BCUT2D eigenvalue weighted by molar-refractivity contribution is 7.89. The third-order valence-electron chi connectivity index (χ3n) is 3.30. The largest absolute Gasteiger partial charge is 0.377 e. The van der Waals surface area contributed by atoms with Gasteiger partial charge in [-0.15, -0.1) is 0 Å². The maximum Gasteiger partial charge on any atom is 0.243 e. The Bertz CT molecular complexity index is 705. The second-order valence-corrected chi connectivity index (χ2v) is 7.24. The van der Waals surface area contributed by atoms with Crippen molar-refractivity contribution in [3.63, 3.8) is 0 Å². The van der Waals surface area contributed by atoms with E-state index >= 15 is 0 Å². The zero-order chi connectivity index (χ0) is 15.5. The topological polar surface area (TPSA) is 46.6 Å². The van der Waals surface area contributed by atoms with Gasteiger partial charge < -0.3 is 4.74 Å². The molecule has 0 saturated heterocycles. The van der Waals surface area contributed by atoms with Crippen LogP contribution in [-0.4, -0.2) is 39.0 Å². The molecule has 2 aromatic rings. The van der Waals surface area contributed by atoms with E-state index in [1.807, 2.05) is 44.2 Å². The minimum atomic E-state index is -3.51. The van der Waals surface area contributed by atoms with Crippen LogP contribution in [0, 0.1) is 0 Å². The molecule has 0 unspecified atom stereocenters. The average Bonchev–Trinajstić information content (AvgIpc) is 2.46. The van der Waals surface area contributed by atoms with Crippen molar-refractivity contribution in [2.45, 2.75) is 24.8 Å². The number of likely N-dealkylation sites (N-methyl/N-ethyl adjacent to an activating group) is 1. The average molecular weight is 307 g/mol. The molecular formula is C16H21NO3S. The molecule has 0 aliphatic heterocycles. The van der Waals surface area contributed by atoms with Crippen molar-refractivity contribution in [3.05, 3.63) is 42.5 Å². The van der Waals surface area contributed by atoms with Gasteiger partial charge in [0.1, 0.15) is 0 Å². The van der Waals surface area contributed by atoms with Crippen LogP contribution < -0.4 is 0 Å². The van der Waals surface area contributed by atoms with Gasteiger partial charge >= 0.3 is 0 Å². The van der Waals surface area contributed by atoms with Crippen LogP contribution in [0.25, 0.3) is 10.8 Å². The summed E-state index contributed by atoms with van der Waals surface area (Å²) in [4.78, 5) is 0.340. The number of sulfonamides is 1. The standard InChI is InChI=1S/C16H21NO3S/c1-13(2)20-12-11-17(3)21(18,19)16-10-6-8-14-7-4-5-9-15(14)16/h4-10,13H,11-12H2,1-3H3. The van der Waals surface area contributed by atoms with E-state index < -0.39 is 10.0 Å². The van der Waals surface area contributed by atoms with Crippen LogP contribution in [0.4, 0.5) is 0 Å². The third-order valence-corrected chi connectivity index (χ3v) is 5.21. The van der Waals surface area contributed by atoms with E-state index in [2.05, 4.69) is 0 Å². The number of rotatable bonds is 6. The summed E-state index contributed by atoms with van der Waals surface area (Å²) in [6.07, 6.45) is 0.0960. The predicted octanol–water partition coefficient (Wildman–Crippen LogP) is 2.89. The summed E-state index contributed by atoms with van der Waals surface area (Å²) in [6.45, 7) is 4.58. The van der Waals surface area contributed by atoms with Crippen LogP contribution in [0.5, 0.6) is 0 Å². The molecule has 0 heterocycles. The zero-order valence-corrected chi connectivity index (χ0v) is 13.4. The molecule has 0 aromatic heterocycles. The second kappa shape index (κ2) is 6.56. The van der Waals surface area contributed by atoms with E-state index in [1.54, 1.807) is 19.2 Å². The van der Waals surface area contributed by atoms with Gasteiger partial charge in [0.05, 0.1) is 17.6 Å². The number of fused-ring (bicyclic) bond motifs is 1. The van der Waals surface area contributed by atoms with Crippen LogP contribution in [0.3, 0.4) is 0 Å². The molecule has 0 N–H and O–H groups in total. The molecule has 21 heavy (non-hydrogen) atoms. The Balaban J connectivity index is 2.29. The number of ether oxygens (including phenoxy) is 1. The Morgan fingerprint density at radius 2 is 1.76 bits per heavy atom. The van der Waals surface area contributed by atoms with Crippen LogP contribution in [0.2, 0.25) is 0 Å². The molecular weight excluding hydrogens is 286 g/mol. The lowest BCUT2D eigenvalue weighted by molar-refractivity contribution is 0.0737. The van der Waals surface area contributed by atoms with E-state index in [-0.39, 0.29) is 6.10 Å². The summed E-state index contributed by atoms with van der Waals surface area (Å²) in [5, 5.41) is 1.67. The van der Waals surface area contributed by atoms with Crippen LogP contribution in [-0.2, 0) is 14.8 Å². The molecule has 0 bridgehead atoms. The van der Waals surface area contributed by atoms with Crippen molar-refractivity contribution in [2.75, 3.05) is 20.2 Å². The summed E-state index contributed by atoms with van der Waals surface area (Å²) in [7, 11) is -1.93. The zero-order valence-electron chi connectivity index (χ0n) is 12.6. The van der Waals surface area contributed by atoms with E-state index in [1.165, 1.54) is 4.31 Å². The van der Waals surface area contributed by atoms with Crippen molar-refractivity contribution in [1.29, 1.82) is 0 Å². The summed E-state index contributed by atoms with van der Waals surface area (Å²) in [5.41, 5.74) is 0. The summed E-state index contributed by atoms with van der Waals surface area (Å²) >= 11 is 0. The van der Waals surface area contributed by atoms with E-state index in [9.17, 15) is 8.42 Å². The fourth-order valence-electron chi connectivity index (χ4n) is 2.13. The van der Waals surface area contributed by atoms with Crippen molar-refractivity contribution in [2.24, 2.45) is 0 Å². The van der Waals surface area contributed by atoms with Crippen molar-refractivity contribution < 1.29 is 13.2 Å². The van der Waals surface area contributed by atoms with Gasteiger partial charge in [0, 0.05) is 19.0 Å². The minimum absolute atomic E-state index is 0.0960. The molecule has 5 heteroatoms. The predicted molar refractivity (Wildman–Crippen MR) is 84.9 cm³/mol. The van der Waals surface area contributed by atoms with Crippen LogP contribution >= 0.6 is 0 Å². The fourth-order valence-corrected chi connectivity index (χ4v) is 3.49. The Labute approximate surface area is 126 Å². The van der Waals surface area contributed by atoms with Gasteiger partial charge in [0.15, 0.2) is 0 Å². The highest BCUT2D eigenvalue weighted by Gasteiger charge is 2.22. The van der Waals surface area contributed by atoms with E-state index in [4.69, 9.17) is 4.74 Å². The quantitative estimate of drug-likeness (QED) is 0.824. The Kier molecular flexibility index (Phi) is 4.98. The first-order chi connectivity index (χ1) is 9.93. The SMILES string of the molecule is CC(C)OCCN(C)S(=O)(=O)c1cccc2ccccc12. The van der Waals surface area contributed by atoms with E-state index in [0.717, 1.165) is 10.8 Å². The van der Waals surface area contributed by atoms with Crippen molar-refractivity contribution in [1.82, 2.24) is 4.31 Å². The first-order valence-corrected chi connectivity index (χ1v) is 8.42. The number of benzene rings is 2. The Morgan fingerprint density at radius 3 is 2.48 bits per heavy atom. The number of hydrogen-bond donors (Lipinski definition) is 0. The van der Waals surface area contributed by atoms with Gasteiger partial charge in [-0.25, -0.2) is 8.42 Å². The lowest BCUT2D eigenvalue weighted by Crippen LogP contribution is -2.31. The maximum absolute atomic E-state index is 12.7. The molecule has 0 atom stereocenters. The second-order valence-electron chi connectivity index (χ2n) is 5.22. The molecule has 0 aliphatic rings. The van der Waals surface area contributed by atoms with Gasteiger partial charge in [0.2, 0.25) is 10.0 Å². The smallest absolute Gasteiger partial charge is 0.243 e. The molecule has 0 aliphatic carbocycles. The maximum atomic E-state index is 12.7. The number of hydrogen-bond acceptors (Lipinski definition) is 3. The first-order valence-electron chi connectivity index (χ1n) is 6.98. The minimum Gasteiger partial charge on any atom is -0.377 e. The molecule has 0 amide bonds. The molecule has 0 saturated carbocycles. The van der Waals surface area contributed by atoms with Gasteiger partial charge in [-0.2, -0.15) is 4.31 Å². The fraction of sp³-hybridized carbons (Fsp3) is 0.375. The normalized spacial score (nSPS) is 12.4. The summed E-state index contributed by atoms with van der Waals surface area (Å²) < 4.78 is 32.2. The summed E-state index contributed by atoms with van der Waals surface area (Å²) in [6, 6.07) is 12.8. The Morgan fingerprint density at radius 1 is 1.10 bits per heavy atom. The molecule has 2 rings (SSSR count). The molecule has 2 aromatic carbocycles. The van der Waals surface area contributed by atoms with Gasteiger partial charge in [0.25, 0.3) is 0 Å². The molecule has 114 valence electrons. The molecule has 4 nitrogen and oxygen atoms in total. The molecule has 0 fully saturated rings. The molecule has 0 spiro atoms. The van der Waals surface area contributed by atoms with Gasteiger partial charge in [-0.3, -0.25) is 0 Å². The Hall–Kier alpha value is -1.43. The number of nitrogens with zero attached hydrogens (tertiary/aromatic N) is 1. The first kappa shape index (κ1) is 15.9. The van der Waals surface area contributed by atoms with Gasteiger partial charge in [-0.05, 0) is 25.3 Å². The van der Waals surface area contributed by atoms with Crippen molar-refractivity contribution in [3.8, 4) is 0 Å². The van der Waals surface area contributed by atoms with Crippen LogP contribution in [0.1, 0.15) is 13.8 Å².